The molecule has 2 aliphatic rings. The molecule has 0 bridgehead atoms. The third-order valence-electron chi connectivity index (χ3n) is 3.91. The van der Waals surface area contributed by atoms with Gasteiger partial charge in [0.2, 0.25) is 0 Å². The van der Waals surface area contributed by atoms with Gasteiger partial charge in [0.1, 0.15) is 0 Å². The van der Waals surface area contributed by atoms with Crippen molar-refractivity contribution in [3.63, 3.8) is 0 Å². The molecule has 17 heavy (non-hydrogen) atoms. The van der Waals surface area contributed by atoms with Crippen molar-refractivity contribution in [2.24, 2.45) is 0 Å². The summed E-state index contributed by atoms with van der Waals surface area (Å²) < 4.78 is 0. The Labute approximate surface area is 102 Å². The van der Waals surface area contributed by atoms with Crippen LogP contribution in [0, 0.1) is 0 Å². The van der Waals surface area contributed by atoms with Crippen LogP contribution in [-0.2, 0) is 13.1 Å². The lowest BCUT2D eigenvalue weighted by Gasteiger charge is -2.24. The zero-order valence-corrected chi connectivity index (χ0v) is 10.1. The number of nitrogens with one attached hydrogen (secondary N) is 1. The zero-order valence-electron chi connectivity index (χ0n) is 10.1. The van der Waals surface area contributed by atoms with Crippen molar-refractivity contribution < 1.29 is 5.11 Å². The highest BCUT2D eigenvalue weighted by atomic mass is 16.3. The molecule has 3 heteroatoms. The molecular weight excluding hydrogens is 212 g/mol. The van der Waals surface area contributed by atoms with E-state index in [4.69, 9.17) is 0 Å². The Bertz CT molecular complexity index is 363. The van der Waals surface area contributed by atoms with Gasteiger partial charge in [0.15, 0.2) is 0 Å². The van der Waals surface area contributed by atoms with Gasteiger partial charge in [-0.25, -0.2) is 0 Å². The largest absolute Gasteiger partial charge is 0.390 e. The van der Waals surface area contributed by atoms with E-state index in [1.54, 1.807) is 0 Å². The van der Waals surface area contributed by atoms with Crippen molar-refractivity contribution >= 4 is 0 Å². The molecule has 0 amide bonds. The number of β-amino-alcohol motifs (C(OH)–C–C–N with tert-alkyl or cyclic N) is 1. The summed E-state index contributed by atoms with van der Waals surface area (Å²) in [6.45, 7) is 3.81. The van der Waals surface area contributed by atoms with Gasteiger partial charge in [-0.3, -0.25) is 4.90 Å². The van der Waals surface area contributed by atoms with Gasteiger partial charge < -0.3 is 10.4 Å². The summed E-state index contributed by atoms with van der Waals surface area (Å²) in [5, 5.41) is 13.6. The molecule has 0 spiro atoms. The Morgan fingerprint density at radius 2 is 2.00 bits per heavy atom. The lowest BCUT2D eigenvalue weighted by molar-refractivity contribution is 0.0840. The first kappa shape index (κ1) is 11.2. The fourth-order valence-corrected chi connectivity index (χ4v) is 2.96. The molecule has 3 nitrogen and oxygen atoms in total. The standard InChI is InChI=1S/C14H20N2O/c17-14(13-6-3-7-15-13)10-16-8-11-4-1-2-5-12(11)9-16/h1-2,4-5,13-15,17H,3,6-10H2. The second-order valence-corrected chi connectivity index (χ2v) is 5.21. The Morgan fingerprint density at radius 1 is 1.29 bits per heavy atom. The average molecular weight is 232 g/mol. The van der Waals surface area contributed by atoms with Gasteiger partial charge in [0.05, 0.1) is 6.10 Å². The van der Waals surface area contributed by atoms with E-state index in [2.05, 4.69) is 34.5 Å². The minimum absolute atomic E-state index is 0.230. The summed E-state index contributed by atoms with van der Waals surface area (Å²) in [5.41, 5.74) is 2.83. The second kappa shape index (κ2) is 4.77. The number of hydrogen-bond acceptors (Lipinski definition) is 3. The first-order chi connectivity index (χ1) is 8.33. The highest BCUT2D eigenvalue weighted by molar-refractivity contribution is 5.30. The molecule has 92 valence electrons. The van der Waals surface area contributed by atoms with E-state index in [0.29, 0.717) is 6.04 Å². The molecule has 1 fully saturated rings. The molecule has 1 aromatic rings. The highest BCUT2D eigenvalue weighted by Gasteiger charge is 2.26. The minimum atomic E-state index is -0.230. The second-order valence-electron chi connectivity index (χ2n) is 5.21. The van der Waals surface area contributed by atoms with Crippen LogP contribution in [0.2, 0.25) is 0 Å². The molecule has 0 aromatic heterocycles. The van der Waals surface area contributed by atoms with Crippen LogP contribution in [0.4, 0.5) is 0 Å². The molecule has 0 aliphatic carbocycles. The quantitative estimate of drug-likeness (QED) is 0.819. The average Bonchev–Trinajstić information content (AvgIpc) is 2.97. The summed E-state index contributed by atoms with van der Waals surface area (Å²) in [7, 11) is 0. The van der Waals surface area contributed by atoms with Crippen LogP contribution in [0.15, 0.2) is 24.3 Å². The topological polar surface area (TPSA) is 35.5 Å². The van der Waals surface area contributed by atoms with Gasteiger partial charge in [-0.05, 0) is 30.5 Å². The van der Waals surface area contributed by atoms with Gasteiger partial charge in [0.25, 0.3) is 0 Å². The van der Waals surface area contributed by atoms with Crippen LogP contribution in [0.5, 0.6) is 0 Å². The predicted octanol–water partition coefficient (Wildman–Crippen LogP) is 1.12. The third-order valence-corrected chi connectivity index (χ3v) is 3.91. The van der Waals surface area contributed by atoms with E-state index in [0.717, 1.165) is 32.6 Å². The van der Waals surface area contributed by atoms with E-state index < -0.39 is 0 Å². The zero-order chi connectivity index (χ0) is 11.7. The Kier molecular flexibility index (Phi) is 3.14. The van der Waals surface area contributed by atoms with E-state index in [-0.39, 0.29) is 6.10 Å². The molecule has 1 saturated heterocycles. The van der Waals surface area contributed by atoms with E-state index >= 15 is 0 Å². The van der Waals surface area contributed by atoms with Gasteiger partial charge in [0, 0.05) is 25.7 Å². The summed E-state index contributed by atoms with van der Waals surface area (Å²) in [4.78, 5) is 2.34. The van der Waals surface area contributed by atoms with Crippen molar-refractivity contribution in [3.8, 4) is 0 Å². The molecule has 2 aliphatic heterocycles. The number of nitrogens with zero attached hydrogens (tertiary/aromatic N) is 1. The molecule has 1 aromatic carbocycles. The number of hydrogen-bond donors (Lipinski definition) is 2. The maximum Gasteiger partial charge on any atom is 0.0820 e. The van der Waals surface area contributed by atoms with Crippen LogP contribution >= 0.6 is 0 Å². The molecule has 2 N–H and O–H groups in total. The smallest absolute Gasteiger partial charge is 0.0820 e. The Balaban J connectivity index is 1.58. The SMILES string of the molecule is OC(CN1Cc2ccccc2C1)C1CCCN1. The Hall–Kier alpha value is -0.900. The Morgan fingerprint density at radius 3 is 2.59 bits per heavy atom. The van der Waals surface area contributed by atoms with Crippen LogP contribution < -0.4 is 5.32 Å². The van der Waals surface area contributed by atoms with Gasteiger partial charge in [-0.1, -0.05) is 24.3 Å². The summed E-state index contributed by atoms with van der Waals surface area (Å²) in [5.74, 6) is 0. The molecule has 0 saturated carbocycles. The van der Waals surface area contributed by atoms with Gasteiger partial charge in [-0.15, -0.1) is 0 Å². The summed E-state index contributed by atoms with van der Waals surface area (Å²) in [6.07, 6.45) is 2.08. The molecule has 2 atom stereocenters. The maximum atomic E-state index is 10.2. The summed E-state index contributed by atoms with van der Waals surface area (Å²) >= 11 is 0. The first-order valence-corrected chi connectivity index (χ1v) is 6.53. The highest BCUT2D eigenvalue weighted by Crippen LogP contribution is 2.23. The van der Waals surface area contributed by atoms with Crippen LogP contribution in [-0.4, -0.2) is 35.2 Å². The molecule has 2 heterocycles. The number of fused-ring (bicyclic) bond motifs is 1. The fraction of sp³-hybridized carbons (Fsp3) is 0.571. The van der Waals surface area contributed by atoms with Crippen molar-refractivity contribution in [2.75, 3.05) is 13.1 Å². The van der Waals surface area contributed by atoms with E-state index in [1.165, 1.54) is 17.5 Å². The van der Waals surface area contributed by atoms with Crippen LogP contribution in [0.3, 0.4) is 0 Å². The maximum absolute atomic E-state index is 10.2. The van der Waals surface area contributed by atoms with Crippen LogP contribution in [0.25, 0.3) is 0 Å². The van der Waals surface area contributed by atoms with Crippen LogP contribution in [0.1, 0.15) is 24.0 Å². The van der Waals surface area contributed by atoms with Crippen molar-refractivity contribution in [1.29, 1.82) is 0 Å². The molecule has 3 rings (SSSR count). The van der Waals surface area contributed by atoms with Crippen molar-refractivity contribution in [2.45, 2.75) is 38.1 Å². The lowest BCUT2D eigenvalue weighted by atomic mass is 10.1. The fourth-order valence-electron chi connectivity index (χ4n) is 2.96. The number of aliphatic hydroxyl groups excluding tert-OH is 1. The number of benzene rings is 1. The van der Waals surface area contributed by atoms with Crippen molar-refractivity contribution in [1.82, 2.24) is 10.2 Å². The molecule has 0 radical (unpaired) electrons. The van der Waals surface area contributed by atoms with Gasteiger partial charge >= 0.3 is 0 Å². The number of rotatable bonds is 3. The monoisotopic (exact) mass is 232 g/mol. The predicted molar refractivity (Wildman–Crippen MR) is 67.6 cm³/mol. The first-order valence-electron chi connectivity index (χ1n) is 6.53. The number of aliphatic hydroxyl groups is 1. The summed E-state index contributed by atoms with van der Waals surface area (Å²) in [6, 6.07) is 8.87. The van der Waals surface area contributed by atoms with E-state index in [1.807, 2.05) is 0 Å². The molecular formula is C14H20N2O. The third kappa shape index (κ3) is 2.37. The lowest BCUT2D eigenvalue weighted by Crippen LogP contribution is -2.41. The normalized spacial score (nSPS) is 26.1. The molecule has 2 unspecified atom stereocenters. The van der Waals surface area contributed by atoms with Gasteiger partial charge in [-0.2, -0.15) is 0 Å². The van der Waals surface area contributed by atoms with Crippen molar-refractivity contribution in [3.05, 3.63) is 35.4 Å². The van der Waals surface area contributed by atoms with E-state index in [9.17, 15) is 5.11 Å². The minimum Gasteiger partial charge on any atom is -0.390 e.